The van der Waals surface area contributed by atoms with Crippen LogP contribution in [0.25, 0.3) is 0 Å². The van der Waals surface area contributed by atoms with E-state index in [4.69, 9.17) is 5.11 Å². The van der Waals surface area contributed by atoms with Gasteiger partial charge in [0.05, 0.1) is 6.42 Å². The van der Waals surface area contributed by atoms with Crippen molar-refractivity contribution in [3.8, 4) is 0 Å². The lowest BCUT2D eigenvalue weighted by molar-refractivity contribution is -0.142. The fourth-order valence-corrected chi connectivity index (χ4v) is 0.674. The van der Waals surface area contributed by atoms with Gasteiger partial charge in [0.15, 0.2) is 0 Å². The fourth-order valence-electron chi connectivity index (χ4n) is 0.674. The molecule has 0 aliphatic rings. The normalized spacial score (nSPS) is 11.7. The molecule has 0 unspecified atom stereocenters. The number of hydrogen-bond acceptors (Lipinski definition) is 2. The molecule has 1 N–H and O–H groups in total. The monoisotopic (exact) mass is 225 g/mol. The summed E-state index contributed by atoms with van der Waals surface area (Å²) in [5.41, 5.74) is 0. The minimum Gasteiger partial charge on any atom is -0.478 e. The largest absolute Gasteiger partial charge is 0.478 e. The van der Waals surface area contributed by atoms with E-state index in [9.17, 15) is 22.8 Å². The van der Waals surface area contributed by atoms with Gasteiger partial charge in [-0.05, 0) is 0 Å². The molecule has 0 saturated carbocycles. The van der Waals surface area contributed by atoms with Gasteiger partial charge in [0.25, 0.3) is 0 Å². The highest BCUT2D eigenvalue weighted by molar-refractivity contribution is 5.93. The Morgan fingerprint density at radius 3 is 2.27 bits per heavy atom. The Balaban J connectivity index is 4.06. The first-order valence-electron chi connectivity index (χ1n) is 3.95. The number of rotatable bonds is 4. The van der Waals surface area contributed by atoms with Crippen molar-refractivity contribution in [2.24, 2.45) is 0 Å². The van der Waals surface area contributed by atoms with Gasteiger partial charge in [0.2, 0.25) is 5.91 Å². The first-order chi connectivity index (χ1) is 6.72. The number of nitrogens with zero attached hydrogens (tertiary/aromatic N) is 1. The van der Waals surface area contributed by atoms with E-state index in [-0.39, 0.29) is 0 Å². The average Bonchev–Trinajstić information content (AvgIpc) is 2.08. The van der Waals surface area contributed by atoms with Crippen LogP contribution in [0.4, 0.5) is 13.2 Å². The number of aliphatic carboxylic acids is 1. The molecule has 0 heterocycles. The zero-order chi connectivity index (χ0) is 12.1. The van der Waals surface area contributed by atoms with E-state index >= 15 is 0 Å². The van der Waals surface area contributed by atoms with Crippen molar-refractivity contribution in [1.29, 1.82) is 0 Å². The minimum absolute atomic E-state index is 0.494. The smallest absolute Gasteiger partial charge is 0.390 e. The number of hydrogen-bond donors (Lipinski definition) is 1. The molecule has 0 bridgehead atoms. The quantitative estimate of drug-likeness (QED) is 0.727. The van der Waals surface area contributed by atoms with E-state index in [0.29, 0.717) is 12.2 Å². The molecule has 0 rings (SSSR count). The molecule has 0 fully saturated rings. The van der Waals surface area contributed by atoms with Crippen LogP contribution in [0.2, 0.25) is 0 Å². The highest BCUT2D eigenvalue weighted by Gasteiger charge is 2.27. The summed E-state index contributed by atoms with van der Waals surface area (Å²) in [6.45, 7) is -0.494. The predicted octanol–water partition coefficient (Wildman–Crippen LogP) is 1.04. The van der Waals surface area contributed by atoms with Crippen LogP contribution in [-0.2, 0) is 9.59 Å². The Kier molecular flexibility index (Phi) is 4.83. The van der Waals surface area contributed by atoms with E-state index < -0.39 is 31.0 Å². The zero-order valence-corrected chi connectivity index (χ0v) is 7.91. The third kappa shape index (κ3) is 7.53. The van der Waals surface area contributed by atoms with Crippen molar-refractivity contribution in [3.05, 3.63) is 12.2 Å². The third-order valence-corrected chi connectivity index (χ3v) is 1.48. The Morgan fingerprint density at radius 2 is 1.87 bits per heavy atom. The molecule has 0 aliphatic heterocycles. The van der Waals surface area contributed by atoms with Gasteiger partial charge in [-0.25, -0.2) is 4.79 Å². The average molecular weight is 225 g/mol. The number of carbonyl (C=O) groups is 2. The standard InChI is InChI=1S/C8H10F3NO3/c1-12(5-4-8(9,10)11)6(13)2-3-7(14)15/h2-3H,4-5H2,1H3,(H,14,15). The molecule has 15 heavy (non-hydrogen) atoms. The number of carbonyl (C=O) groups excluding carboxylic acids is 1. The summed E-state index contributed by atoms with van der Waals surface area (Å²) in [5.74, 6) is -2.10. The fraction of sp³-hybridized carbons (Fsp3) is 0.500. The predicted molar refractivity (Wildman–Crippen MR) is 45.1 cm³/mol. The van der Waals surface area contributed by atoms with Crippen LogP contribution in [-0.4, -0.2) is 41.7 Å². The second-order valence-corrected chi connectivity index (χ2v) is 2.80. The number of alkyl halides is 3. The van der Waals surface area contributed by atoms with Gasteiger partial charge in [0.1, 0.15) is 0 Å². The first-order valence-corrected chi connectivity index (χ1v) is 3.95. The van der Waals surface area contributed by atoms with Crippen LogP contribution in [0.5, 0.6) is 0 Å². The van der Waals surface area contributed by atoms with Crippen LogP contribution in [0.15, 0.2) is 12.2 Å². The summed E-state index contributed by atoms with van der Waals surface area (Å²) < 4.78 is 35.2. The van der Waals surface area contributed by atoms with Crippen molar-refractivity contribution in [1.82, 2.24) is 4.90 Å². The van der Waals surface area contributed by atoms with Crippen molar-refractivity contribution in [3.63, 3.8) is 0 Å². The molecule has 0 aliphatic carbocycles. The van der Waals surface area contributed by atoms with Crippen molar-refractivity contribution >= 4 is 11.9 Å². The molecule has 0 aromatic heterocycles. The Bertz CT molecular complexity index is 273. The summed E-state index contributed by atoms with van der Waals surface area (Å²) in [5, 5.41) is 8.17. The second-order valence-electron chi connectivity index (χ2n) is 2.80. The number of halogens is 3. The molecule has 0 aromatic rings. The number of carboxylic acid groups (broad SMARTS) is 1. The van der Waals surface area contributed by atoms with Crippen LogP contribution < -0.4 is 0 Å². The van der Waals surface area contributed by atoms with Crippen LogP contribution in [0.3, 0.4) is 0 Å². The number of carboxylic acids is 1. The molecule has 86 valence electrons. The van der Waals surface area contributed by atoms with Gasteiger partial charge in [-0.1, -0.05) is 0 Å². The molecule has 0 atom stereocenters. The maximum absolute atomic E-state index is 11.7. The molecular weight excluding hydrogens is 215 g/mol. The molecule has 4 nitrogen and oxygen atoms in total. The Hall–Kier alpha value is -1.53. The van der Waals surface area contributed by atoms with Gasteiger partial charge in [0, 0.05) is 25.7 Å². The zero-order valence-electron chi connectivity index (χ0n) is 7.91. The van der Waals surface area contributed by atoms with Gasteiger partial charge in [-0.3, -0.25) is 4.79 Å². The van der Waals surface area contributed by atoms with E-state index in [1.165, 1.54) is 7.05 Å². The lowest BCUT2D eigenvalue weighted by atomic mass is 10.3. The summed E-state index contributed by atoms with van der Waals surface area (Å²) >= 11 is 0. The van der Waals surface area contributed by atoms with E-state index in [1.54, 1.807) is 0 Å². The second kappa shape index (κ2) is 5.38. The lowest BCUT2D eigenvalue weighted by Crippen LogP contribution is -2.29. The van der Waals surface area contributed by atoms with Crippen molar-refractivity contribution < 1.29 is 27.9 Å². The summed E-state index contributed by atoms with van der Waals surface area (Å²) in [6, 6.07) is 0. The summed E-state index contributed by atoms with van der Waals surface area (Å²) in [6.07, 6.45) is -4.16. The summed E-state index contributed by atoms with van der Waals surface area (Å²) in [4.78, 5) is 21.8. The van der Waals surface area contributed by atoms with Crippen molar-refractivity contribution in [2.75, 3.05) is 13.6 Å². The van der Waals surface area contributed by atoms with Crippen LogP contribution in [0.1, 0.15) is 6.42 Å². The highest BCUT2D eigenvalue weighted by atomic mass is 19.4. The van der Waals surface area contributed by atoms with Crippen molar-refractivity contribution in [2.45, 2.75) is 12.6 Å². The Labute approximate surface area is 84.0 Å². The number of likely N-dealkylation sites (N-methyl/N-ethyl adjacent to an activating group) is 1. The minimum atomic E-state index is -4.33. The van der Waals surface area contributed by atoms with Crippen LogP contribution in [0, 0.1) is 0 Å². The highest BCUT2D eigenvalue weighted by Crippen LogP contribution is 2.19. The lowest BCUT2D eigenvalue weighted by Gasteiger charge is -2.15. The Morgan fingerprint density at radius 1 is 1.33 bits per heavy atom. The summed E-state index contributed by atoms with van der Waals surface area (Å²) in [7, 11) is 1.17. The maximum atomic E-state index is 11.7. The van der Waals surface area contributed by atoms with Gasteiger partial charge < -0.3 is 10.0 Å². The SMILES string of the molecule is CN(CCC(F)(F)F)C(=O)C=CC(=O)O. The maximum Gasteiger partial charge on any atom is 0.390 e. The van der Waals surface area contributed by atoms with E-state index in [2.05, 4.69) is 0 Å². The number of amides is 1. The first kappa shape index (κ1) is 13.5. The van der Waals surface area contributed by atoms with Gasteiger partial charge in [-0.2, -0.15) is 13.2 Å². The molecule has 0 radical (unpaired) electrons. The molecule has 1 amide bonds. The third-order valence-electron chi connectivity index (χ3n) is 1.48. The van der Waals surface area contributed by atoms with Gasteiger partial charge >= 0.3 is 12.1 Å². The molecular formula is C8H10F3NO3. The topological polar surface area (TPSA) is 57.6 Å². The van der Waals surface area contributed by atoms with Gasteiger partial charge in [-0.15, -0.1) is 0 Å². The van der Waals surface area contributed by atoms with E-state index in [1.807, 2.05) is 0 Å². The molecule has 7 heteroatoms. The molecule has 0 aromatic carbocycles. The molecule has 0 saturated heterocycles. The van der Waals surface area contributed by atoms with Crippen LogP contribution >= 0.6 is 0 Å². The van der Waals surface area contributed by atoms with E-state index in [0.717, 1.165) is 4.90 Å². The molecule has 0 spiro atoms.